The lowest BCUT2D eigenvalue weighted by Crippen LogP contribution is -2.37. The zero-order valence-electron chi connectivity index (χ0n) is 27.6. The van der Waals surface area contributed by atoms with E-state index in [1.165, 1.54) is 0 Å². The minimum Gasteiger partial charge on any atom is -0.466 e. The van der Waals surface area contributed by atoms with E-state index in [9.17, 15) is 28.8 Å². The molecule has 1 rings (SSSR count). The van der Waals surface area contributed by atoms with Gasteiger partial charge in [0, 0.05) is 64.0 Å². The predicted octanol–water partition coefficient (Wildman–Crippen LogP) is 2.36. The Morgan fingerprint density at radius 2 is 1.31 bits per heavy atom. The average Bonchev–Trinajstić information content (AvgIpc) is 3.27. The smallest absolute Gasteiger partial charge is 0.293 e. The summed E-state index contributed by atoms with van der Waals surface area (Å²) in [5, 5.41) is 8.38. The van der Waals surface area contributed by atoms with E-state index in [2.05, 4.69) is 16.0 Å². The number of hydrogen-bond acceptors (Lipinski definition) is 11. The molecule has 0 aliphatic carbocycles. The number of imide groups is 1. The summed E-state index contributed by atoms with van der Waals surface area (Å²) in [6.07, 6.45) is 2.25. The van der Waals surface area contributed by atoms with Crippen LogP contribution in [0, 0.1) is 0 Å². The normalized spacial score (nSPS) is 14.0. The number of rotatable bonds is 25. The van der Waals surface area contributed by atoms with Crippen molar-refractivity contribution in [3.05, 3.63) is 0 Å². The second-order valence-electron chi connectivity index (χ2n) is 12.5. The maximum Gasteiger partial charge on any atom is 0.293 e. The molecule has 0 bridgehead atoms. The van der Waals surface area contributed by atoms with Gasteiger partial charge < -0.3 is 30.2 Å². The zero-order chi connectivity index (χ0) is 33.9. The molecule has 13 nitrogen and oxygen atoms in total. The summed E-state index contributed by atoms with van der Waals surface area (Å²) in [7, 11) is 3.11. The van der Waals surface area contributed by atoms with Gasteiger partial charge in [-0.1, -0.05) is 21.6 Å². The van der Waals surface area contributed by atoms with Crippen LogP contribution in [-0.2, 0) is 43.0 Å². The highest BCUT2D eigenvalue weighted by Crippen LogP contribution is 2.36. The van der Waals surface area contributed by atoms with Crippen molar-refractivity contribution in [2.24, 2.45) is 0 Å². The first-order valence-corrected chi connectivity index (χ1v) is 17.6. The van der Waals surface area contributed by atoms with Crippen molar-refractivity contribution in [1.82, 2.24) is 20.9 Å². The molecule has 3 N–H and O–H groups in total. The first-order chi connectivity index (χ1) is 21.1. The van der Waals surface area contributed by atoms with Crippen LogP contribution < -0.4 is 16.0 Å². The SMILES string of the molecule is CC(C)(CCNC(=O)CCN1C(=O)CCC1=O)OCCC(C)(C)OCCC(=O)NCCNC(=O)CCSSC(C)(C)COC=O. The molecule has 5 amide bonds. The lowest BCUT2D eigenvalue weighted by Gasteiger charge is -2.30. The van der Waals surface area contributed by atoms with Gasteiger partial charge in [-0.05, 0) is 54.4 Å². The lowest BCUT2D eigenvalue weighted by molar-refractivity contribution is -0.139. The fourth-order valence-electron chi connectivity index (χ4n) is 3.99. The van der Waals surface area contributed by atoms with E-state index in [1.807, 2.05) is 41.5 Å². The van der Waals surface area contributed by atoms with E-state index in [1.54, 1.807) is 21.6 Å². The Morgan fingerprint density at radius 1 is 0.778 bits per heavy atom. The lowest BCUT2D eigenvalue weighted by atomic mass is 10.0. The van der Waals surface area contributed by atoms with Gasteiger partial charge in [-0.2, -0.15) is 0 Å². The molecule has 1 aliphatic heterocycles. The minimum absolute atomic E-state index is 0.0830. The molecular formula is C30H52N4O9S2. The minimum atomic E-state index is -0.504. The molecule has 0 atom stereocenters. The molecule has 0 aromatic rings. The average molecular weight is 677 g/mol. The standard InChI is InChI=1S/C30H52N4O9S2/c1-28(2,12-14-31-23(36)9-17-34-26(39)7-8-27(34)40)43-19-13-29(3,4)42-18-10-24(37)32-15-16-33-25(38)11-20-44-45-30(5,6)21-41-22-35/h22H,7-21H2,1-6H3,(H,31,36)(H,32,37)(H,33,38). The maximum absolute atomic E-state index is 12.2. The van der Waals surface area contributed by atoms with E-state index >= 15 is 0 Å². The van der Waals surface area contributed by atoms with Gasteiger partial charge in [-0.25, -0.2) is 0 Å². The third kappa shape index (κ3) is 19.7. The summed E-state index contributed by atoms with van der Waals surface area (Å²) in [5.41, 5.74) is -0.989. The third-order valence-corrected chi connectivity index (χ3v) is 10.0. The molecule has 0 radical (unpaired) electrons. The monoisotopic (exact) mass is 676 g/mol. The van der Waals surface area contributed by atoms with Gasteiger partial charge in [0.05, 0.1) is 29.2 Å². The zero-order valence-corrected chi connectivity index (χ0v) is 29.3. The molecule has 45 heavy (non-hydrogen) atoms. The Hall–Kier alpha value is -2.36. The highest BCUT2D eigenvalue weighted by molar-refractivity contribution is 8.77. The van der Waals surface area contributed by atoms with Crippen LogP contribution in [0.5, 0.6) is 0 Å². The summed E-state index contributed by atoms with van der Waals surface area (Å²) in [6, 6.07) is 0. The van der Waals surface area contributed by atoms with Crippen molar-refractivity contribution in [2.75, 3.05) is 51.8 Å². The maximum atomic E-state index is 12.2. The number of nitrogens with zero attached hydrogens (tertiary/aromatic N) is 1. The highest BCUT2D eigenvalue weighted by Gasteiger charge is 2.29. The number of amides is 5. The van der Waals surface area contributed by atoms with Crippen LogP contribution in [0.2, 0.25) is 0 Å². The summed E-state index contributed by atoms with van der Waals surface area (Å²) < 4.78 is 16.5. The fourth-order valence-corrected chi connectivity index (χ4v) is 6.38. The van der Waals surface area contributed by atoms with Crippen LogP contribution in [0.3, 0.4) is 0 Å². The molecule has 0 saturated carbocycles. The second kappa shape index (κ2) is 20.7. The quantitative estimate of drug-likeness (QED) is 0.0562. The van der Waals surface area contributed by atoms with Gasteiger partial charge in [-0.3, -0.25) is 33.7 Å². The van der Waals surface area contributed by atoms with Crippen molar-refractivity contribution in [2.45, 2.75) is 102 Å². The van der Waals surface area contributed by atoms with Gasteiger partial charge in [0.15, 0.2) is 0 Å². The summed E-state index contributed by atoms with van der Waals surface area (Å²) >= 11 is 0. The van der Waals surface area contributed by atoms with E-state index in [0.29, 0.717) is 64.3 Å². The largest absolute Gasteiger partial charge is 0.466 e. The summed E-state index contributed by atoms with van der Waals surface area (Å²) in [4.78, 5) is 71.0. The Balaban J connectivity index is 2.10. The fraction of sp³-hybridized carbons (Fsp3) is 0.800. The van der Waals surface area contributed by atoms with Crippen LogP contribution in [-0.4, -0.2) is 109 Å². The molecule has 15 heteroatoms. The van der Waals surface area contributed by atoms with E-state index in [4.69, 9.17) is 14.2 Å². The highest BCUT2D eigenvalue weighted by atomic mass is 33.1. The van der Waals surface area contributed by atoms with E-state index in [0.717, 1.165) is 4.90 Å². The molecule has 0 unspecified atom stereocenters. The second-order valence-corrected chi connectivity index (χ2v) is 15.7. The van der Waals surface area contributed by atoms with Gasteiger partial charge >= 0.3 is 0 Å². The molecule has 1 aliphatic rings. The molecular weight excluding hydrogens is 624 g/mol. The number of ether oxygens (including phenoxy) is 3. The van der Waals surface area contributed by atoms with Crippen LogP contribution in [0.15, 0.2) is 0 Å². The van der Waals surface area contributed by atoms with E-state index in [-0.39, 0.29) is 73.1 Å². The van der Waals surface area contributed by atoms with Crippen LogP contribution in [0.25, 0.3) is 0 Å². The van der Waals surface area contributed by atoms with Crippen LogP contribution >= 0.6 is 21.6 Å². The molecule has 0 aromatic carbocycles. The Morgan fingerprint density at radius 3 is 1.93 bits per heavy atom. The van der Waals surface area contributed by atoms with Gasteiger partial charge in [-0.15, -0.1) is 0 Å². The summed E-state index contributed by atoms with van der Waals surface area (Å²) in [6.45, 7) is 14.3. The molecule has 0 spiro atoms. The van der Waals surface area contributed by atoms with Crippen molar-refractivity contribution in [3.63, 3.8) is 0 Å². The van der Waals surface area contributed by atoms with Crippen LogP contribution in [0.4, 0.5) is 0 Å². The number of carbonyl (C=O) groups excluding carboxylic acids is 6. The third-order valence-electron chi connectivity index (χ3n) is 6.75. The number of carbonyl (C=O) groups is 6. The van der Waals surface area contributed by atoms with Crippen LogP contribution in [0.1, 0.15) is 86.5 Å². The van der Waals surface area contributed by atoms with Gasteiger partial charge in [0.1, 0.15) is 6.61 Å². The van der Waals surface area contributed by atoms with Crippen molar-refractivity contribution < 1.29 is 43.0 Å². The summed E-state index contributed by atoms with van der Waals surface area (Å²) in [5.74, 6) is -0.298. The van der Waals surface area contributed by atoms with Crippen molar-refractivity contribution in [3.8, 4) is 0 Å². The first kappa shape index (κ1) is 40.7. The number of hydrogen-bond donors (Lipinski definition) is 3. The van der Waals surface area contributed by atoms with Gasteiger partial charge in [0.2, 0.25) is 29.5 Å². The van der Waals surface area contributed by atoms with E-state index < -0.39 is 11.2 Å². The number of nitrogens with one attached hydrogen (secondary N) is 3. The molecule has 1 fully saturated rings. The number of likely N-dealkylation sites (tertiary alicyclic amines) is 1. The molecule has 1 heterocycles. The predicted molar refractivity (Wildman–Crippen MR) is 174 cm³/mol. The Labute approximate surface area is 275 Å². The molecule has 1 saturated heterocycles. The molecule has 258 valence electrons. The Bertz CT molecular complexity index is 976. The molecule has 0 aromatic heterocycles. The van der Waals surface area contributed by atoms with Crippen molar-refractivity contribution >= 4 is 57.6 Å². The van der Waals surface area contributed by atoms with Gasteiger partial charge in [0.25, 0.3) is 6.47 Å². The Kier molecular flexibility index (Phi) is 18.7. The van der Waals surface area contributed by atoms with Crippen molar-refractivity contribution in [1.29, 1.82) is 0 Å². The first-order valence-electron chi connectivity index (χ1n) is 15.3. The topological polar surface area (TPSA) is 169 Å².